The van der Waals surface area contributed by atoms with Crippen LogP contribution in [0.5, 0.6) is 0 Å². The van der Waals surface area contributed by atoms with E-state index in [4.69, 9.17) is 16.6 Å². The molecule has 11 nitrogen and oxygen atoms in total. The summed E-state index contributed by atoms with van der Waals surface area (Å²) in [5.41, 5.74) is 6.40. The number of hydrazine groups is 1. The number of carbonyl (C=O) groups excluding carboxylic acids is 1. The van der Waals surface area contributed by atoms with E-state index in [2.05, 4.69) is 42.3 Å². The van der Waals surface area contributed by atoms with Crippen LogP contribution in [-0.4, -0.2) is 36.5 Å². The number of hydrogen-bond donors (Lipinski definition) is 3. The monoisotopic (exact) mass is 573 g/mol. The number of nitro benzene ring substituents is 1. The molecule has 0 aliphatic heterocycles. The standard InChI is InChI=1S/C21H16BrN7O4S2/c22-13-3-7-15(8-4-13)28-19(17-2-1-11-33-17)25-27-21(28)35-12-18(30)24-26-20(34)23-14-5-9-16(10-6-14)29(31)32/h1-11H,12H2,(H,24,30)(H2,23,26,34). The Morgan fingerprint density at radius 2 is 1.86 bits per heavy atom. The summed E-state index contributed by atoms with van der Waals surface area (Å²) >= 11 is 9.76. The number of rotatable bonds is 7. The summed E-state index contributed by atoms with van der Waals surface area (Å²) in [4.78, 5) is 22.6. The van der Waals surface area contributed by atoms with Gasteiger partial charge >= 0.3 is 0 Å². The number of carbonyl (C=O) groups is 1. The van der Waals surface area contributed by atoms with Crippen LogP contribution in [0.25, 0.3) is 17.3 Å². The van der Waals surface area contributed by atoms with Crippen LogP contribution >= 0.6 is 39.9 Å². The lowest BCUT2D eigenvalue weighted by molar-refractivity contribution is -0.384. The summed E-state index contributed by atoms with van der Waals surface area (Å²) in [6.07, 6.45) is 1.55. The van der Waals surface area contributed by atoms with E-state index in [1.807, 2.05) is 24.3 Å². The second kappa shape index (κ2) is 11.1. The first-order valence-electron chi connectivity index (χ1n) is 9.89. The van der Waals surface area contributed by atoms with Gasteiger partial charge in [-0.3, -0.25) is 30.3 Å². The summed E-state index contributed by atoms with van der Waals surface area (Å²) in [6.45, 7) is 0. The van der Waals surface area contributed by atoms with E-state index in [-0.39, 0.29) is 22.5 Å². The molecule has 2 aromatic heterocycles. The highest BCUT2D eigenvalue weighted by molar-refractivity contribution is 9.10. The predicted octanol–water partition coefficient (Wildman–Crippen LogP) is 4.31. The Labute approximate surface area is 216 Å². The van der Waals surface area contributed by atoms with Crippen molar-refractivity contribution >= 4 is 62.3 Å². The van der Waals surface area contributed by atoms with Gasteiger partial charge in [-0.05, 0) is 60.7 Å². The summed E-state index contributed by atoms with van der Waals surface area (Å²) < 4.78 is 8.22. The molecule has 4 rings (SSSR count). The van der Waals surface area contributed by atoms with Crippen molar-refractivity contribution in [3.8, 4) is 17.3 Å². The Bertz CT molecular complexity index is 1340. The third-order valence-corrected chi connectivity index (χ3v) is 6.11. The number of non-ortho nitro benzene ring substituents is 1. The molecule has 14 heteroatoms. The fraction of sp³-hybridized carbons (Fsp3) is 0.0476. The quantitative estimate of drug-likeness (QED) is 0.127. The van der Waals surface area contributed by atoms with Gasteiger partial charge in [-0.25, -0.2) is 0 Å². The summed E-state index contributed by atoms with van der Waals surface area (Å²) in [5, 5.41) is 22.7. The van der Waals surface area contributed by atoms with Crippen molar-refractivity contribution in [2.75, 3.05) is 11.1 Å². The predicted molar refractivity (Wildman–Crippen MR) is 138 cm³/mol. The third kappa shape index (κ3) is 6.23. The lowest BCUT2D eigenvalue weighted by atomic mass is 10.3. The molecule has 2 heterocycles. The van der Waals surface area contributed by atoms with Gasteiger partial charge in [-0.2, -0.15) is 0 Å². The number of benzene rings is 2. The van der Waals surface area contributed by atoms with E-state index in [1.165, 1.54) is 36.0 Å². The number of nitrogens with one attached hydrogen (secondary N) is 3. The first kappa shape index (κ1) is 24.4. The first-order chi connectivity index (χ1) is 16.9. The second-order valence-corrected chi connectivity index (χ2v) is 9.08. The molecule has 0 fully saturated rings. The van der Waals surface area contributed by atoms with Gasteiger partial charge in [0.05, 0.1) is 16.9 Å². The molecule has 2 aromatic carbocycles. The van der Waals surface area contributed by atoms with E-state index in [9.17, 15) is 14.9 Å². The molecule has 0 radical (unpaired) electrons. The molecule has 0 spiro atoms. The fourth-order valence-corrected chi connectivity index (χ4v) is 4.06. The largest absolute Gasteiger partial charge is 0.461 e. The van der Waals surface area contributed by atoms with Gasteiger partial charge in [0, 0.05) is 28.0 Å². The van der Waals surface area contributed by atoms with Crippen molar-refractivity contribution < 1.29 is 14.1 Å². The number of thioether (sulfide) groups is 1. The van der Waals surface area contributed by atoms with Crippen LogP contribution in [0.2, 0.25) is 0 Å². The number of amides is 1. The Kier molecular flexibility index (Phi) is 7.74. The van der Waals surface area contributed by atoms with Crippen LogP contribution in [0, 0.1) is 10.1 Å². The minimum Gasteiger partial charge on any atom is -0.461 e. The fourth-order valence-electron chi connectivity index (χ4n) is 2.87. The van der Waals surface area contributed by atoms with Gasteiger partial charge in [0.2, 0.25) is 11.7 Å². The van der Waals surface area contributed by atoms with Crippen LogP contribution in [0.3, 0.4) is 0 Å². The maximum absolute atomic E-state index is 12.4. The number of nitro groups is 1. The molecule has 3 N–H and O–H groups in total. The molecule has 1 amide bonds. The number of halogens is 1. The minimum absolute atomic E-state index is 0.0277. The molecule has 178 valence electrons. The summed E-state index contributed by atoms with van der Waals surface area (Å²) in [5.74, 6) is 0.723. The van der Waals surface area contributed by atoms with Crippen molar-refractivity contribution in [1.29, 1.82) is 0 Å². The second-order valence-electron chi connectivity index (χ2n) is 6.82. The molecular formula is C21H16BrN7O4S2. The number of nitrogens with zero attached hydrogens (tertiary/aromatic N) is 4. The van der Waals surface area contributed by atoms with Crippen molar-refractivity contribution in [2.45, 2.75) is 5.16 Å². The minimum atomic E-state index is -0.493. The molecule has 0 aliphatic rings. The van der Waals surface area contributed by atoms with E-state index >= 15 is 0 Å². The zero-order valence-electron chi connectivity index (χ0n) is 17.7. The Balaban J connectivity index is 1.36. The van der Waals surface area contributed by atoms with Crippen LogP contribution < -0.4 is 16.2 Å². The highest BCUT2D eigenvalue weighted by Crippen LogP contribution is 2.28. The summed E-state index contributed by atoms with van der Waals surface area (Å²) in [6, 6.07) is 16.8. The van der Waals surface area contributed by atoms with E-state index in [0.717, 1.165) is 10.2 Å². The number of furan rings is 1. The van der Waals surface area contributed by atoms with Crippen LogP contribution in [0.1, 0.15) is 0 Å². The average molecular weight is 574 g/mol. The Morgan fingerprint density at radius 1 is 1.11 bits per heavy atom. The Hall–Kier alpha value is -3.75. The van der Waals surface area contributed by atoms with Crippen molar-refractivity contribution in [3.63, 3.8) is 0 Å². The molecule has 0 aliphatic carbocycles. The Morgan fingerprint density at radius 3 is 2.51 bits per heavy atom. The molecule has 0 atom stereocenters. The van der Waals surface area contributed by atoms with Gasteiger partial charge in [0.25, 0.3) is 5.69 Å². The molecule has 0 saturated heterocycles. The number of anilines is 1. The lowest BCUT2D eigenvalue weighted by Gasteiger charge is -2.12. The number of hydrogen-bond acceptors (Lipinski definition) is 8. The normalized spacial score (nSPS) is 10.5. The van der Waals surface area contributed by atoms with Crippen molar-refractivity contribution in [1.82, 2.24) is 25.6 Å². The van der Waals surface area contributed by atoms with E-state index < -0.39 is 4.92 Å². The zero-order chi connectivity index (χ0) is 24.8. The van der Waals surface area contributed by atoms with Gasteiger partial charge < -0.3 is 9.73 Å². The molecule has 4 aromatic rings. The maximum Gasteiger partial charge on any atom is 0.269 e. The third-order valence-electron chi connectivity index (χ3n) is 4.44. The maximum atomic E-state index is 12.4. The first-order valence-corrected chi connectivity index (χ1v) is 12.1. The molecule has 0 unspecified atom stereocenters. The molecule has 0 bridgehead atoms. The van der Waals surface area contributed by atoms with E-state index in [1.54, 1.807) is 23.0 Å². The van der Waals surface area contributed by atoms with Crippen LogP contribution in [0.4, 0.5) is 11.4 Å². The number of aromatic nitrogens is 3. The molecule has 35 heavy (non-hydrogen) atoms. The van der Waals surface area contributed by atoms with Crippen molar-refractivity contribution in [2.24, 2.45) is 0 Å². The van der Waals surface area contributed by atoms with Gasteiger partial charge in [0.1, 0.15) is 0 Å². The van der Waals surface area contributed by atoms with Crippen LogP contribution in [0.15, 0.2) is 81.0 Å². The van der Waals surface area contributed by atoms with E-state index in [0.29, 0.717) is 22.4 Å². The highest BCUT2D eigenvalue weighted by Gasteiger charge is 2.19. The average Bonchev–Trinajstić information content (AvgIpc) is 3.52. The zero-order valence-corrected chi connectivity index (χ0v) is 20.9. The van der Waals surface area contributed by atoms with Crippen LogP contribution in [-0.2, 0) is 4.79 Å². The highest BCUT2D eigenvalue weighted by atomic mass is 79.9. The molecule has 0 saturated carbocycles. The topological polar surface area (TPSA) is 140 Å². The number of thiocarbonyl (C=S) groups is 1. The van der Waals surface area contributed by atoms with Gasteiger partial charge in [-0.1, -0.05) is 27.7 Å². The SMILES string of the molecule is O=C(CSc1nnc(-c2ccco2)n1-c1ccc(Br)cc1)NNC(=S)Nc1ccc([N+](=O)[O-])cc1. The summed E-state index contributed by atoms with van der Waals surface area (Å²) in [7, 11) is 0. The molecular weight excluding hydrogens is 558 g/mol. The van der Waals surface area contributed by atoms with Gasteiger partial charge in [0.15, 0.2) is 16.0 Å². The smallest absolute Gasteiger partial charge is 0.269 e. The van der Waals surface area contributed by atoms with Gasteiger partial charge in [-0.15, -0.1) is 10.2 Å². The van der Waals surface area contributed by atoms with Crippen molar-refractivity contribution in [3.05, 3.63) is 81.5 Å². The lowest BCUT2D eigenvalue weighted by Crippen LogP contribution is -2.44.